The molecule has 1 saturated heterocycles. The Bertz CT molecular complexity index is 374. The van der Waals surface area contributed by atoms with Crippen LogP contribution in [0.3, 0.4) is 0 Å². The van der Waals surface area contributed by atoms with Crippen LogP contribution in [-0.2, 0) is 11.2 Å². The van der Waals surface area contributed by atoms with Crippen LogP contribution in [-0.4, -0.2) is 54.0 Å². The van der Waals surface area contributed by atoms with Gasteiger partial charge in [0.1, 0.15) is 0 Å². The summed E-state index contributed by atoms with van der Waals surface area (Å²) < 4.78 is 0. The lowest BCUT2D eigenvalue weighted by Crippen LogP contribution is -2.52. The van der Waals surface area contributed by atoms with Crippen LogP contribution in [0.25, 0.3) is 0 Å². The van der Waals surface area contributed by atoms with E-state index in [-0.39, 0.29) is 5.91 Å². The molecule has 0 unspecified atom stereocenters. The number of aromatic nitrogens is 1. The third-order valence-corrected chi connectivity index (χ3v) is 3.12. The number of amides is 1. The highest BCUT2D eigenvalue weighted by Crippen LogP contribution is 2.00. The van der Waals surface area contributed by atoms with Gasteiger partial charge in [-0.15, -0.1) is 0 Å². The Kier molecular flexibility index (Phi) is 4.66. The monoisotopic (exact) mass is 248 g/mol. The second-order valence-electron chi connectivity index (χ2n) is 4.65. The summed E-state index contributed by atoms with van der Waals surface area (Å²) in [7, 11) is 2.10. The van der Waals surface area contributed by atoms with Crippen LogP contribution in [0, 0.1) is 0 Å². The van der Waals surface area contributed by atoms with Gasteiger partial charge in [-0.05, 0) is 25.6 Å². The van der Waals surface area contributed by atoms with Crippen LogP contribution >= 0.6 is 0 Å². The fraction of sp³-hybridized carbons (Fsp3) is 0.538. The number of aryl methyl sites for hydroxylation is 1. The molecular weight excluding hydrogens is 228 g/mol. The third kappa shape index (κ3) is 4.09. The van der Waals surface area contributed by atoms with Crippen molar-refractivity contribution in [2.24, 2.45) is 0 Å². The first-order valence-corrected chi connectivity index (χ1v) is 6.37. The Hall–Kier alpha value is -1.46. The molecule has 1 aliphatic heterocycles. The molecule has 0 bridgehead atoms. The number of hydrogen-bond donors (Lipinski definition) is 1. The molecule has 5 nitrogen and oxygen atoms in total. The number of pyridine rings is 1. The number of hydrazine groups is 1. The maximum atomic E-state index is 11.8. The summed E-state index contributed by atoms with van der Waals surface area (Å²) in [6.45, 7) is 3.79. The number of nitrogens with one attached hydrogen (secondary N) is 1. The molecule has 2 heterocycles. The molecule has 0 saturated carbocycles. The predicted molar refractivity (Wildman–Crippen MR) is 69.8 cm³/mol. The maximum absolute atomic E-state index is 11.8. The molecule has 1 aromatic heterocycles. The number of nitrogens with zero attached hydrogens (tertiary/aromatic N) is 3. The van der Waals surface area contributed by atoms with Gasteiger partial charge in [0, 0.05) is 44.5 Å². The highest BCUT2D eigenvalue weighted by atomic mass is 16.2. The Morgan fingerprint density at radius 2 is 2.11 bits per heavy atom. The van der Waals surface area contributed by atoms with E-state index in [2.05, 4.69) is 22.4 Å². The van der Waals surface area contributed by atoms with E-state index < -0.39 is 0 Å². The second-order valence-corrected chi connectivity index (χ2v) is 4.65. The van der Waals surface area contributed by atoms with Gasteiger partial charge in [0.25, 0.3) is 0 Å². The molecular formula is C13H20N4O. The van der Waals surface area contributed by atoms with Crippen molar-refractivity contribution in [3.63, 3.8) is 0 Å². The number of hydrogen-bond acceptors (Lipinski definition) is 4. The average Bonchev–Trinajstić information content (AvgIpc) is 2.40. The Morgan fingerprint density at radius 1 is 1.33 bits per heavy atom. The van der Waals surface area contributed by atoms with Crippen molar-refractivity contribution in [2.45, 2.75) is 12.8 Å². The zero-order chi connectivity index (χ0) is 12.8. The van der Waals surface area contributed by atoms with E-state index in [1.807, 2.05) is 23.2 Å². The Balaban J connectivity index is 1.69. The fourth-order valence-corrected chi connectivity index (χ4v) is 1.94. The molecule has 0 radical (unpaired) electrons. The molecule has 5 heteroatoms. The Labute approximate surface area is 108 Å². The van der Waals surface area contributed by atoms with E-state index in [0.717, 1.165) is 31.9 Å². The summed E-state index contributed by atoms with van der Waals surface area (Å²) in [5, 5.41) is 2.00. The van der Waals surface area contributed by atoms with Crippen molar-refractivity contribution in [1.82, 2.24) is 20.3 Å². The smallest absolute Gasteiger partial charge is 0.234 e. The molecule has 1 fully saturated rings. The molecule has 1 aromatic rings. The van der Waals surface area contributed by atoms with Gasteiger partial charge in [-0.25, -0.2) is 5.01 Å². The standard InChI is InChI=1S/C13H20N4O/c1-16-8-10-17(11-9-16)15-13(18)6-5-12-4-2-3-7-14-12/h2-4,7H,5-6,8-11H2,1H3,(H,15,18). The van der Waals surface area contributed by atoms with E-state index in [9.17, 15) is 4.79 Å². The van der Waals surface area contributed by atoms with Crippen LogP contribution in [0.15, 0.2) is 24.4 Å². The largest absolute Gasteiger partial charge is 0.304 e. The fourth-order valence-electron chi connectivity index (χ4n) is 1.94. The number of rotatable bonds is 4. The topological polar surface area (TPSA) is 48.5 Å². The minimum atomic E-state index is 0.0743. The zero-order valence-electron chi connectivity index (χ0n) is 10.8. The molecule has 1 N–H and O–H groups in total. The van der Waals surface area contributed by atoms with Crippen LogP contribution < -0.4 is 5.43 Å². The Morgan fingerprint density at radius 3 is 2.78 bits per heavy atom. The summed E-state index contributed by atoms with van der Waals surface area (Å²) in [6, 6.07) is 5.78. The van der Waals surface area contributed by atoms with Crippen LogP contribution in [0.5, 0.6) is 0 Å². The highest BCUT2D eigenvalue weighted by Gasteiger charge is 2.15. The summed E-state index contributed by atoms with van der Waals surface area (Å²) in [5.41, 5.74) is 3.91. The van der Waals surface area contributed by atoms with Gasteiger partial charge in [-0.1, -0.05) is 6.07 Å². The first-order chi connectivity index (χ1) is 8.74. The summed E-state index contributed by atoms with van der Waals surface area (Å²) in [6.07, 6.45) is 2.94. The van der Waals surface area contributed by atoms with Crippen LogP contribution in [0.1, 0.15) is 12.1 Å². The van der Waals surface area contributed by atoms with Crippen LogP contribution in [0.4, 0.5) is 0 Å². The average molecular weight is 248 g/mol. The SMILES string of the molecule is CN1CCN(NC(=O)CCc2ccccn2)CC1. The number of carbonyl (C=O) groups is 1. The second kappa shape index (κ2) is 6.47. The van der Waals surface area contributed by atoms with Crippen molar-refractivity contribution in [1.29, 1.82) is 0 Å². The lowest BCUT2D eigenvalue weighted by atomic mass is 10.2. The quantitative estimate of drug-likeness (QED) is 0.832. The summed E-state index contributed by atoms with van der Waals surface area (Å²) in [4.78, 5) is 18.2. The number of likely N-dealkylation sites (N-methyl/N-ethyl adjacent to an activating group) is 1. The summed E-state index contributed by atoms with van der Waals surface area (Å²) in [5.74, 6) is 0.0743. The number of carbonyl (C=O) groups excluding carboxylic acids is 1. The minimum Gasteiger partial charge on any atom is -0.304 e. The molecule has 0 spiro atoms. The highest BCUT2D eigenvalue weighted by molar-refractivity contribution is 5.75. The van der Waals surface area contributed by atoms with Crippen LogP contribution in [0.2, 0.25) is 0 Å². The van der Waals surface area contributed by atoms with Gasteiger partial charge in [0.05, 0.1) is 0 Å². The zero-order valence-corrected chi connectivity index (χ0v) is 10.8. The van der Waals surface area contributed by atoms with Crippen molar-refractivity contribution < 1.29 is 4.79 Å². The molecule has 0 atom stereocenters. The molecule has 0 aromatic carbocycles. The van der Waals surface area contributed by atoms with E-state index >= 15 is 0 Å². The third-order valence-electron chi connectivity index (χ3n) is 3.12. The van der Waals surface area contributed by atoms with Crippen molar-refractivity contribution in [3.8, 4) is 0 Å². The van der Waals surface area contributed by atoms with Crippen molar-refractivity contribution >= 4 is 5.91 Å². The normalized spacial score (nSPS) is 17.6. The molecule has 0 aliphatic carbocycles. The maximum Gasteiger partial charge on any atom is 0.234 e. The van der Waals surface area contributed by atoms with Gasteiger partial charge >= 0.3 is 0 Å². The van der Waals surface area contributed by atoms with E-state index in [4.69, 9.17) is 0 Å². The van der Waals surface area contributed by atoms with E-state index in [1.54, 1.807) is 6.20 Å². The van der Waals surface area contributed by atoms with Gasteiger partial charge in [-0.3, -0.25) is 15.2 Å². The van der Waals surface area contributed by atoms with Gasteiger partial charge in [-0.2, -0.15) is 0 Å². The first-order valence-electron chi connectivity index (χ1n) is 6.37. The molecule has 1 aliphatic rings. The molecule has 98 valence electrons. The van der Waals surface area contributed by atoms with Gasteiger partial charge in [0.2, 0.25) is 5.91 Å². The molecule has 1 amide bonds. The molecule has 2 rings (SSSR count). The lowest BCUT2D eigenvalue weighted by molar-refractivity contribution is -0.126. The minimum absolute atomic E-state index is 0.0743. The first kappa shape index (κ1) is 13.0. The van der Waals surface area contributed by atoms with Crippen molar-refractivity contribution in [2.75, 3.05) is 33.2 Å². The molecule has 18 heavy (non-hydrogen) atoms. The van der Waals surface area contributed by atoms with Gasteiger partial charge < -0.3 is 4.90 Å². The summed E-state index contributed by atoms with van der Waals surface area (Å²) >= 11 is 0. The predicted octanol–water partition coefficient (Wildman–Crippen LogP) is 0.293. The van der Waals surface area contributed by atoms with Gasteiger partial charge in [0.15, 0.2) is 0 Å². The van der Waals surface area contributed by atoms with Crippen molar-refractivity contribution in [3.05, 3.63) is 30.1 Å². The number of piperazine rings is 1. The van der Waals surface area contributed by atoms with E-state index in [0.29, 0.717) is 12.8 Å². The lowest BCUT2D eigenvalue weighted by Gasteiger charge is -2.32. The van der Waals surface area contributed by atoms with E-state index in [1.165, 1.54) is 0 Å².